The molecular weight excluding hydrogens is 710 g/mol. The number of H-pyrrole nitrogens is 1. The molecule has 3 fully saturated rings. The number of carbonyl (C=O) groups is 5. The number of aromatic nitrogens is 1. The van der Waals surface area contributed by atoms with Gasteiger partial charge in [-0.05, 0) is 62.0 Å². The highest BCUT2D eigenvalue weighted by atomic mass is 16.4. The Morgan fingerprint density at radius 3 is 2.20 bits per heavy atom. The van der Waals surface area contributed by atoms with Gasteiger partial charge in [0.2, 0.25) is 5.91 Å². The van der Waals surface area contributed by atoms with Gasteiger partial charge in [-0.25, -0.2) is 0 Å². The molecule has 302 valence electrons. The number of aldehydes is 1. The topological polar surface area (TPSA) is 210 Å². The molecule has 16 nitrogen and oxygen atoms in total. The smallest absolute Gasteiger partial charge is 0.320 e. The van der Waals surface area contributed by atoms with Gasteiger partial charge in [0.05, 0.1) is 37.7 Å². The molecule has 1 aliphatic carbocycles. The number of hydrogen-bond acceptors (Lipinski definition) is 11. The summed E-state index contributed by atoms with van der Waals surface area (Å²) < 4.78 is 0. The van der Waals surface area contributed by atoms with Gasteiger partial charge in [0.15, 0.2) is 0 Å². The number of aliphatic hydroxyl groups is 1. The van der Waals surface area contributed by atoms with Gasteiger partial charge in [-0.2, -0.15) is 0 Å². The highest BCUT2D eigenvalue weighted by molar-refractivity contribution is 5.85. The highest BCUT2D eigenvalue weighted by Crippen LogP contribution is 2.49. The molecule has 1 amide bonds. The van der Waals surface area contributed by atoms with Crippen molar-refractivity contribution in [1.82, 2.24) is 34.8 Å². The lowest BCUT2D eigenvalue weighted by Crippen LogP contribution is -2.55. The second kappa shape index (κ2) is 18.8. The fraction of sp³-hybridized carbons (Fsp3) is 0.667. The fourth-order valence-corrected chi connectivity index (χ4v) is 9.64. The number of piperidine rings is 1. The number of rotatable bonds is 13. The molecule has 0 radical (unpaired) electrons. The molecule has 0 bridgehead atoms. The summed E-state index contributed by atoms with van der Waals surface area (Å²) in [6.45, 7) is 4.22. The maximum absolute atomic E-state index is 13.9. The van der Waals surface area contributed by atoms with Crippen molar-refractivity contribution in [3.05, 3.63) is 35.5 Å². The number of aliphatic carboxylic acids is 3. The Bertz CT molecular complexity index is 1670. The molecule has 1 saturated carbocycles. The van der Waals surface area contributed by atoms with E-state index in [1.54, 1.807) is 14.7 Å². The van der Waals surface area contributed by atoms with Crippen LogP contribution in [0.1, 0.15) is 49.4 Å². The minimum Gasteiger partial charge on any atom is -0.480 e. The van der Waals surface area contributed by atoms with Crippen molar-refractivity contribution in [1.29, 1.82) is 0 Å². The first-order valence-corrected chi connectivity index (χ1v) is 19.8. The van der Waals surface area contributed by atoms with Gasteiger partial charge >= 0.3 is 17.9 Å². The van der Waals surface area contributed by atoms with E-state index in [4.69, 9.17) is 0 Å². The molecule has 0 spiro atoms. The summed E-state index contributed by atoms with van der Waals surface area (Å²) >= 11 is 0. The highest BCUT2D eigenvalue weighted by Gasteiger charge is 2.49. The lowest BCUT2D eigenvalue weighted by atomic mass is 9.64. The molecule has 2 aromatic rings. The number of nitrogens with one attached hydrogen (secondary N) is 2. The van der Waals surface area contributed by atoms with Gasteiger partial charge < -0.3 is 35.5 Å². The quantitative estimate of drug-likeness (QED) is 0.121. The maximum Gasteiger partial charge on any atom is 0.320 e. The number of carboxylic acids is 3. The van der Waals surface area contributed by atoms with Crippen molar-refractivity contribution < 1.29 is 44.4 Å². The Labute approximate surface area is 321 Å². The van der Waals surface area contributed by atoms with Crippen LogP contribution in [0.15, 0.2) is 24.3 Å². The molecular formula is C39H57N7O9. The summed E-state index contributed by atoms with van der Waals surface area (Å²) in [7, 11) is 0. The van der Waals surface area contributed by atoms with E-state index in [2.05, 4.69) is 33.4 Å². The normalized spacial score (nSPS) is 27.1. The van der Waals surface area contributed by atoms with E-state index >= 15 is 0 Å². The minimum atomic E-state index is -1.03. The van der Waals surface area contributed by atoms with Crippen molar-refractivity contribution in [3.63, 3.8) is 0 Å². The van der Waals surface area contributed by atoms with Crippen molar-refractivity contribution >= 4 is 41.0 Å². The molecule has 3 unspecified atom stereocenters. The van der Waals surface area contributed by atoms with Crippen LogP contribution < -0.4 is 5.32 Å². The lowest BCUT2D eigenvalue weighted by Gasteiger charge is -2.51. The first-order chi connectivity index (χ1) is 26.5. The average molecular weight is 768 g/mol. The summed E-state index contributed by atoms with van der Waals surface area (Å²) in [6, 6.07) is 7.61. The summed E-state index contributed by atoms with van der Waals surface area (Å²) in [5, 5.41) is 44.9. The summed E-state index contributed by atoms with van der Waals surface area (Å²) in [4.78, 5) is 74.5. The average Bonchev–Trinajstić information content (AvgIpc) is 3.53. The van der Waals surface area contributed by atoms with Gasteiger partial charge in [0.1, 0.15) is 12.3 Å². The number of benzene rings is 1. The van der Waals surface area contributed by atoms with E-state index in [0.29, 0.717) is 51.5 Å². The molecule has 55 heavy (non-hydrogen) atoms. The third-order valence-corrected chi connectivity index (χ3v) is 12.5. The predicted molar refractivity (Wildman–Crippen MR) is 203 cm³/mol. The van der Waals surface area contributed by atoms with Crippen LogP contribution in [0.25, 0.3) is 10.9 Å². The number of nitrogens with zero attached hydrogens (tertiary/aromatic N) is 5. The number of aromatic amines is 1. The second-order valence-corrected chi connectivity index (χ2v) is 15.8. The number of carboxylic acid groups (broad SMARTS) is 3. The Kier molecular flexibility index (Phi) is 13.9. The van der Waals surface area contributed by atoms with E-state index in [-0.39, 0.29) is 70.1 Å². The Morgan fingerprint density at radius 2 is 1.53 bits per heavy atom. The summed E-state index contributed by atoms with van der Waals surface area (Å²) in [6.07, 6.45) is 3.86. The van der Waals surface area contributed by atoms with Gasteiger partial charge in [0.25, 0.3) is 0 Å². The molecule has 6 atom stereocenters. The molecule has 4 heterocycles. The largest absolute Gasteiger partial charge is 0.480 e. The number of para-hydroxylation sites is 1. The van der Waals surface area contributed by atoms with Gasteiger partial charge in [-0.15, -0.1) is 0 Å². The van der Waals surface area contributed by atoms with Gasteiger partial charge in [0, 0.05) is 88.6 Å². The van der Waals surface area contributed by atoms with E-state index in [9.17, 15) is 44.4 Å². The minimum absolute atomic E-state index is 0.0238. The molecule has 2 saturated heterocycles. The van der Waals surface area contributed by atoms with Crippen LogP contribution in [-0.4, -0.2) is 184 Å². The fourth-order valence-electron chi connectivity index (χ4n) is 9.64. The molecule has 4 aliphatic rings. The van der Waals surface area contributed by atoms with Crippen LogP contribution in [0.4, 0.5) is 0 Å². The third kappa shape index (κ3) is 10.1. The molecule has 1 aromatic heterocycles. The van der Waals surface area contributed by atoms with E-state index in [1.165, 1.54) is 16.6 Å². The predicted octanol–water partition coefficient (Wildman–Crippen LogP) is 0.413. The molecule has 16 heteroatoms. The van der Waals surface area contributed by atoms with Crippen LogP contribution in [0.3, 0.4) is 0 Å². The van der Waals surface area contributed by atoms with E-state index in [0.717, 1.165) is 44.2 Å². The molecule has 3 aliphatic heterocycles. The number of carbonyl (C=O) groups excluding carboxylic acids is 2. The maximum atomic E-state index is 13.9. The van der Waals surface area contributed by atoms with Crippen molar-refractivity contribution in [2.24, 2.45) is 17.8 Å². The number of fused-ring (bicyclic) bond motifs is 6. The van der Waals surface area contributed by atoms with Crippen molar-refractivity contribution in [3.8, 4) is 0 Å². The molecule has 1 aromatic carbocycles. The first-order valence-electron chi connectivity index (χ1n) is 19.8. The SMILES string of the molecule is O=CCN1CCN(CC(=O)O)CCN(CC(=O)O)CCN(C(CCCNC(=O)C2C(O)CC[C@H]3CN4CCc5c([nH]c6ccccc56)[C@H]4C[C@@H]23)C(=O)O)CC1. The zero-order valence-electron chi connectivity index (χ0n) is 31.6. The van der Waals surface area contributed by atoms with Gasteiger partial charge in [-0.1, -0.05) is 18.2 Å². The number of aliphatic hydroxyl groups excluding tert-OH is 1. The Balaban J connectivity index is 1.08. The third-order valence-electron chi connectivity index (χ3n) is 12.5. The lowest BCUT2D eigenvalue weighted by molar-refractivity contribution is -0.144. The number of amides is 1. The first kappa shape index (κ1) is 40.7. The van der Waals surface area contributed by atoms with Crippen LogP contribution in [-0.2, 0) is 30.4 Å². The Morgan fingerprint density at radius 1 is 0.873 bits per heavy atom. The van der Waals surface area contributed by atoms with Crippen LogP contribution in [0.2, 0.25) is 0 Å². The van der Waals surface area contributed by atoms with Gasteiger partial charge in [-0.3, -0.25) is 43.7 Å². The van der Waals surface area contributed by atoms with Crippen molar-refractivity contribution in [2.45, 2.75) is 56.7 Å². The summed E-state index contributed by atoms with van der Waals surface area (Å²) in [5.41, 5.74) is 3.71. The van der Waals surface area contributed by atoms with E-state index in [1.807, 2.05) is 11.0 Å². The molecule has 6 rings (SSSR count). The Hall–Kier alpha value is -3.93. The van der Waals surface area contributed by atoms with Crippen molar-refractivity contribution in [2.75, 3.05) is 91.6 Å². The molecule has 6 N–H and O–H groups in total. The zero-order valence-corrected chi connectivity index (χ0v) is 31.6. The van der Waals surface area contributed by atoms with Crippen LogP contribution in [0.5, 0.6) is 0 Å². The standard InChI is InChI=1S/C39H57N7O9/c47-21-20-42-12-13-43(24-34(49)50)14-15-44(25-35(51)52)17-19-45(18-16-42)31(39(54)55)6-3-10-40-38(53)36-29-22-32-37-28(27-4-1-2-5-30(27)41-37)9-11-46(32)23-26(29)7-8-33(36)48/h1-2,4-5,21,26,29,31-33,36,41,48H,3,6-20,22-25H2,(H,40,53)(H,49,50)(H,51,52)(H,54,55)/t26-,29+,31?,32+,33?,36?/m0/s1. The van der Waals surface area contributed by atoms with Crippen LogP contribution in [0, 0.1) is 17.8 Å². The van der Waals surface area contributed by atoms with E-state index < -0.39 is 36.0 Å². The summed E-state index contributed by atoms with van der Waals surface area (Å²) in [5.74, 6) is -3.46. The zero-order chi connectivity index (χ0) is 39.1. The number of hydrogen-bond donors (Lipinski definition) is 6. The monoisotopic (exact) mass is 767 g/mol. The van der Waals surface area contributed by atoms with Crippen LogP contribution >= 0.6 is 0 Å². The second-order valence-electron chi connectivity index (χ2n) is 15.8.